The minimum Gasteiger partial charge on any atom is -0.484 e. The fourth-order valence-electron chi connectivity index (χ4n) is 2.61. The molecule has 0 aromatic heterocycles. The Morgan fingerprint density at radius 2 is 2.06 bits per heavy atom. The summed E-state index contributed by atoms with van der Waals surface area (Å²) in [6, 6.07) is 1.80. The molecular formula is C12H13F2NO. The molecule has 86 valence electrons. The van der Waals surface area contributed by atoms with Crippen LogP contribution in [0.4, 0.5) is 8.78 Å². The minimum atomic E-state index is -0.642. The molecule has 0 saturated heterocycles. The minimum absolute atomic E-state index is 0.153. The third kappa shape index (κ3) is 1.33. The van der Waals surface area contributed by atoms with Gasteiger partial charge in [0.25, 0.3) is 0 Å². The van der Waals surface area contributed by atoms with E-state index in [1.165, 1.54) is 6.07 Å². The second-order valence-corrected chi connectivity index (χ2v) is 4.76. The highest BCUT2D eigenvalue weighted by Crippen LogP contribution is 2.48. The van der Waals surface area contributed by atoms with Gasteiger partial charge in [-0.15, -0.1) is 0 Å². The van der Waals surface area contributed by atoms with Crippen LogP contribution in [-0.2, 0) is 0 Å². The molecule has 1 atom stereocenters. The summed E-state index contributed by atoms with van der Waals surface area (Å²) in [5, 5.41) is 0. The fourth-order valence-corrected chi connectivity index (χ4v) is 2.61. The van der Waals surface area contributed by atoms with Gasteiger partial charge in [0.05, 0.1) is 0 Å². The predicted octanol–water partition coefficient (Wildman–Crippen LogP) is 2.67. The molecule has 1 heterocycles. The normalized spacial score (nSPS) is 25.8. The first-order valence-electron chi connectivity index (χ1n) is 5.53. The summed E-state index contributed by atoms with van der Waals surface area (Å²) in [5.41, 5.74) is 6.12. The van der Waals surface area contributed by atoms with Crippen molar-refractivity contribution in [1.29, 1.82) is 0 Å². The molecule has 1 aromatic rings. The summed E-state index contributed by atoms with van der Waals surface area (Å²) in [4.78, 5) is 0. The van der Waals surface area contributed by atoms with Crippen molar-refractivity contribution in [3.8, 4) is 5.75 Å². The van der Waals surface area contributed by atoms with Crippen LogP contribution in [0.15, 0.2) is 12.1 Å². The van der Waals surface area contributed by atoms with Gasteiger partial charge in [-0.25, -0.2) is 8.78 Å². The molecule has 1 aliphatic heterocycles. The Labute approximate surface area is 92.4 Å². The molecule has 1 aliphatic carbocycles. The van der Waals surface area contributed by atoms with Crippen LogP contribution >= 0.6 is 0 Å². The highest BCUT2D eigenvalue weighted by Gasteiger charge is 2.45. The van der Waals surface area contributed by atoms with E-state index in [0.29, 0.717) is 12.0 Å². The van der Waals surface area contributed by atoms with Crippen molar-refractivity contribution in [2.24, 2.45) is 5.73 Å². The maximum atomic E-state index is 13.6. The summed E-state index contributed by atoms with van der Waals surface area (Å²) < 4.78 is 32.3. The lowest BCUT2D eigenvalue weighted by atomic mass is 9.73. The lowest BCUT2D eigenvalue weighted by Crippen LogP contribution is -2.48. The lowest BCUT2D eigenvalue weighted by molar-refractivity contribution is -0.0362. The lowest BCUT2D eigenvalue weighted by Gasteiger charge is -2.47. The molecule has 0 amide bonds. The molecule has 16 heavy (non-hydrogen) atoms. The molecule has 0 radical (unpaired) electrons. The topological polar surface area (TPSA) is 35.2 Å². The van der Waals surface area contributed by atoms with Crippen LogP contribution in [0.1, 0.15) is 37.3 Å². The van der Waals surface area contributed by atoms with Crippen molar-refractivity contribution in [3.63, 3.8) is 0 Å². The zero-order chi connectivity index (χ0) is 11.3. The smallest absolute Gasteiger partial charge is 0.168 e. The standard InChI is InChI=1S/C12H13F2NO/c13-7-4-8-10(15)6-12(2-1-3-12)16-11(8)9(14)5-7/h4-5,10H,1-3,6,15H2. The van der Waals surface area contributed by atoms with Gasteiger partial charge in [-0.05, 0) is 25.3 Å². The summed E-state index contributed by atoms with van der Waals surface area (Å²) in [6.45, 7) is 0. The first-order valence-corrected chi connectivity index (χ1v) is 5.53. The van der Waals surface area contributed by atoms with E-state index >= 15 is 0 Å². The molecule has 3 rings (SSSR count). The number of halogens is 2. The van der Waals surface area contributed by atoms with Crippen LogP contribution < -0.4 is 10.5 Å². The van der Waals surface area contributed by atoms with E-state index in [2.05, 4.69) is 0 Å². The molecule has 1 spiro atoms. The van der Waals surface area contributed by atoms with Crippen LogP contribution in [0.5, 0.6) is 5.75 Å². The predicted molar refractivity (Wildman–Crippen MR) is 55.1 cm³/mol. The van der Waals surface area contributed by atoms with Crippen LogP contribution in [0.3, 0.4) is 0 Å². The molecule has 1 saturated carbocycles. The van der Waals surface area contributed by atoms with Gasteiger partial charge in [0.15, 0.2) is 11.6 Å². The Morgan fingerprint density at radius 3 is 2.69 bits per heavy atom. The van der Waals surface area contributed by atoms with Crippen LogP contribution in [0.25, 0.3) is 0 Å². The average Bonchev–Trinajstić information content (AvgIpc) is 2.17. The van der Waals surface area contributed by atoms with Gasteiger partial charge < -0.3 is 10.5 Å². The van der Waals surface area contributed by atoms with Crippen LogP contribution in [-0.4, -0.2) is 5.60 Å². The molecule has 1 aromatic carbocycles. The van der Waals surface area contributed by atoms with Crippen molar-refractivity contribution >= 4 is 0 Å². The van der Waals surface area contributed by atoms with Gasteiger partial charge in [0, 0.05) is 24.1 Å². The van der Waals surface area contributed by atoms with Gasteiger partial charge in [-0.2, -0.15) is 0 Å². The first-order chi connectivity index (χ1) is 7.60. The highest BCUT2D eigenvalue weighted by molar-refractivity contribution is 5.41. The van der Waals surface area contributed by atoms with Gasteiger partial charge in [-0.3, -0.25) is 0 Å². The summed E-state index contributed by atoms with van der Waals surface area (Å²) in [5.74, 6) is -1.09. The molecule has 1 fully saturated rings. The molecule has 2 nitrogen and oxygen atoms in total. The van der Waals surface area contributed by atoms with Gasteiger partial charge >= 0.3 is 0 Å². The average molecular weight is 225 g/mol. The third-order valence-corrected chi connectivity index (χ3v) is 3.61. The van der Waals surface area contributed by atoms with Crippen molar-refractivity contribution in [2.75, 3.05) is 0 Å². The highest BCUT2D eigenvalue weighted by atomic mass is 19.1. The molecule has 1 unspecified atom stereocenters. The first kappa shape index (κ1) is 10.0. The maximum Gasteiger partial charge on any atom is 0.168 e. The van der Waals surface area contributed by atoms with E-state index in [0.717, 1.165) is 25.3 Å². The zero-order valence-electron chi connectivity index (χ0n) is 8.80. The second kappa shape index (κ2) is 3.17. The van der Waals surface area contributed by atoms with Crippen LogP contribution in [0.2, 0.25) is 0 Å². The number of hydrogen-bond donors (Lipinski definition) is 1. The SMILES string of the molecule is NC1CC2(CCC2)Oc2c(F)cc(F)cc21. The number of ether oxygens (including phenoxy) is 1. The van der Waals surface area contributed by atoms with E-state index in [9.17, 15) is 8.78 Å². The number of hydrogen-bond acceptors (Lipinski definition) is 2. The molecular weight excluding hydrogens is 212 g/mol. The number of rotatable bonds is 0. The van der Waals surface area contributed by atoms with E-state index < -0.39 is 11.6 Å². The van der Waals surface area contributed by atoms with E-state index in [-0.39, 0.29) is 17.4 Å². The van der Waals surface area contributed by atoms with Crippen molar-refractivity contribution < 1.29 is 13.5 Å². The number of nitrogens with two attached hydrogens (primary N) is 1. The molecule has 4 heteroatoms. The Morgan fingerprint density at radius 1 is 1.31 bits per heavy atom. The second-order valence-electron chi connectivity index (χ2n) is 4.76. The van der Waals surface area contributed by atoms with E-state index in [4.69, 9.17) is 10.5 Å². The van der Waals surface area contributed by atoms with Crippen LogP contribution in [0, 0.1) is 11.6 Å². The Hall–Kier alpha value is -1.16. The van der Waals surface area contributed by atoms with Gasteiger partial charge in [-0.1, -0.05) is 0 Å². The van der Waals surface area contributed by atoms with Gasteiger partial charge in [0.2, 0.25) is 0 Å². The van der Waals surface area contributed by atoms with Crippen molar-refractivity contribution in [3.05, 3.63) is 29.3 Å². The maximum absolute atomic E-state index is 13.6. The third-order valence-electron chi connectivity index (χ3n) is 3.61. The summed E-state index contributed by atoms with van der Waals surface area (Å²) >= 11 is 0. The van der Waals surface area contributed by atoms with E-state index in [1.54, 1.807) is 0 Å². The Kier molecular flexibility index (Phi) is 1.98. The van der Waals surface area contributed by atoms with E-state index in [1.807, 2.05) is 0 Å². The molecule has 0 bridgehead atoms. The monoisotopic (exact) mass is 225 g/mol. The van der Waals surface area contributed by atoms with Crippen molar-refractivity contribution in [2.45, 2.75) is 37.3 Å². The molecule has 2 N–H and O–H groups in total. The van der Waals surface area contributed by atoms with Crippen molar-refractivity contribution in [1.82, 2.24) is 0 Å². The largest absolute Gasteiger partial charge is 0.484 e. The summed E-state index contributed by atoms with van der Waals surface area (Å²) in [7, 11) is 0. The summed E-state index contributed by atoms with van der Waals surface area (Å²) in [6.07, 6.45) is 3.57. The van der Waals surface area contributed by atoms with Gasteiger partial charge in [0.1, 0.15) is 11.4 Å². The Bertz CT molecular complexity index is 443. The molecule has 2 aliphatic rings. The zero-order valence-corrected chi connectivity index (χ0v) is 8.80. The quantitative estimate of drug-likeness (QED) is 0.736. The fraction of sp³-hybridized carbons (Fsp3) is 0.500. The number of fused-ring (bicyclic) bond motifs is 1. The number of benzene rings is 1. The Balaban J connectivity index is 2.07.